The second-order valence-corrected chi connectivity index (χ2v) is 5.27. The van der Waals surface area contributed by atoms with E-state index in [2.05, 4.69) is 15.3 Å². The lowest BCUT2D eigenvalue weighted by molar-refractivity contribution is 0.368. The van der Waals surface area contributed by atoms with Crippen LogP contribution in [0.15, 0.2) is 24.4 Å². The van der Waals surface area contributed by atoms with E-state index < -0.39 is 11.6 Å². The normalized spacial score (nSPS) is 16.5. The van der Waals surface area contributed by atoms with Crippen LogP contribution < -0.4 is 5.32 Å². The van der Waals surface area contributed by atoms with Crippen molar-refractivity contribution in [3.63, 3.8) is 0 Å². The molecule has 1 aliphatic rings. The van der Waals surface area contributed by atoms with Gasteiger partial charge in [-0.1, -0.05) is 0 Å². The minimum absolute atomic E-state index is 0.231. The van der Waals surface area contributed by atoms with Crippen LogP contribution in [-0.2, 0) is 6.42 Å². The molecule has 0 aliphatic carbocycles. The minimum Gasteiger partial charge on any atom is -0.342 e. The van der Waals surface area contributed by atoms with Crippen LogP contribution in [0.5, 0.6) is 0 Å². The first-order valence-corrected chi connectivity index (χ1v) is 6.92. The molecular formula is C15H17F2N3. The van der Waals surface area contributed by atoms with E-state index in [0.29, 0.717) is 11.6 Å². The van der Waals surface area contributed by atoms with Gasteiger partial charge in [-0.3, -0.25) is 0 Å². The molecule has 0 saturated carbocycles. The summed E-state index contributed by atoms with van der Waals surface area (Å²) in [5.41, 5.74) is 0.764. The molecule has 1 saturated heterocycles. The largest absolute Gasteiger partial charge is 0.342 e. The third-order valence-corrected chi connectivity index (χ3v) is 3.79. The van der Waals surface area contributed by atoms with Gasteiger partial charge in [-0.2, -0.15) is 0 Å². The number of hydrogen-bond donors (Lipinski definition) is 2. The summed E-state index contributed by atoms with van der Waals surface area (Å²) in [7, 11) is 0. The average molecular weight is 277 g/mol. The van der Waals surface area contributed by atoms with Crippen LogP contribution in [0.1, 0.15) is 18.7 Å². The van der Waals surface area contributed by atoms with Crippen molar-refractivity contribution < 1.29 is 8.78 Å². The van der Waals surface area contributed by atoms with Gasteiger partial charge in [-0.15, -0.1) is 0 Å². The van der Waals surface area contributed by atoms with Gasteiger partial charge in [0.1, 0.15) is 17.5 Å². The van der Waals surface area contributed by atoms with Gasteiger partial charge in [0.15, 0.2) is 0 Å². The number of imidazole rings is 1. The minimum atomic E-state index is -0.448. The molecule has 2 heterocycles. The average Bonchev–Trinajstić information content (AvgIpc) is 2.91. The molecule has 2 aromatic rings. The van der Waals surface area contributed by atoms with Gasteiger partial charge in [-0.05, 0) is 50.0 Å². The Bertz CT molecular complexity index is 589. The van der Waals surface area contributed by atoms with Gasteiger partial charge < -0.3 is 10.3 Å². The highest BCUT2D eigenvalue weighted by molar-refractivity contribution is 5.59. The lowest BCUT2D eigenvalue weighted by atomic mass is 9.94. The Kier molecular flexibility index (Phi) is 3.78. The molecular weight excluding hydrogens is 260 g/mol. The van der Waals surface area contributed by atoms with Crippen LogP contribution in [0, 0.1) is 17.6 Å². The van der Waals surface area contributed by atoms with E-state index in [1.807, 2.05) is 0 Å². The fraction of sp³-hybridized carbons (Fsp3) is 0.400. The highest BCUT2D eigenvalue weighted by atomic mass is 19.1. The van der Waals surface area contributed by atoms with Crippen molar-refractivity contribution >= 4 is 0 Å². The molecule has 0 radical (unpaired) electrons. The molecule has 106 valence electrons. The Morgan fingerprint density at radius 3 is 2.80 bits per heavy atom. The molecule has 2 N–H and O–H groups in total. The summed E-state index contributed by atoms with van der Waals surface area (Å²) < 4.78 is 26.9. The Balaban J connectivity index is 1.77. The number of halogens is 2. The van der Waals surface area contributed by atoms with Gasteiger partial charge in [0, 0.05) is 12.0 Å². The predicted octanol–water partition coefficient (Wildman–Crippen LogP) is 2.90. The monoisotopic (exact) mass is 277 g/mol. The van der Waals surface area contributed by atoms with E-state index in [0.717, 1.165) is 50.3 Å². The quantitative estimate of drug-likeness (QED) is 0.905. The van der Waals surface area contributed by atoms with E-state index in [9.17, 15) is 8.78 Å². The molecule has 1 aliphatic heterocycles. The van der Waals surface area contributed by atoms with Crippen LogP contribution >= 0.6 is 0 Å². The third-order valence-electron chi connectivity index (χ3n) is 3.79. The maximum Gasteiger partial charge on any atom is 0.132 e. The van der Waals surface area contributed by atoms with Crippen LogP contribution in [0.4, 0.5) is 8.78 Å². The number of hydrogen-bond acceptors (Lipinski definition) is 2. The zero-order chi connectivity index (χ0) is 13.9. The van der Waals surface area contributed by atoms with Gasteiger partial charge in [0.2, 0.25) is 0 Å². The SMILES string of the molecule is Fc1ccc(F)c(-c2cnc(CC3CCNCC3)[nH]2)c1. The summed E-state index contributed by atoms with van der Waals surface area (Å²) >= 11 is 0. The number of aromatic nitrogens is 2. The van der Waals surface area contributed by atoms with E-state index in [1.54, 1.807) is 6.20 Å². The van der Waals surface area contributed by atoms with Crippen molar-refractivity contribution in [2.24, 2.45) is 5.92 Å². The molecule has 0 unspecified atom stereocenters. The highest BCUT2D eigenvalue weighted by Crippen LogP contribution is 2.23. The van der Waals surface area contributed by atoms with Crippen molar-refractivity contribution in [2.75, 3.05) is 13.1 Å². The first-order valence-electron chi connectivity index (χ1n) is 6.92. The maximum absolute atomic E-state index is 13.7. The van der Waals surface area contributed by atoms with Gasteiger partial charge in [0.05, 0.1) is 11.9 Å². The number of aromatic amines is 1. The molecule has 5 heteroatoms. The standard InChI is InChI=1S/C15H17F2N3/c16-11-1-2-13(17)12(8-11)14-9-19-15(20-14)7-10-3-5-18-6-4-10/h1-2,8-10,18H,3-7H2,(H,19,20). The second-order valence-electron chi connectivity index (χ2n) is 5.27. The first-order chi connectivity index (χ1) is 9.72. The number of rotatable bonds is 3. The first kappa shape index (κ1) is 13.2. The molecule has 0 spiro atoms. The van der Waals surface area contributed by atoms with Crippen molar-refractivity contribution in [1.82, 2.24) is 15.3 Å². The van der Waals surface area contributed by atoms with E-state index >= 15 is 0 Å². The lowest BCUT2D eigenvalue weighted by Gasteiger charge is -2.21. The summed E-state index contributed by atoms with van der Waals surface area (Å²) in [5.74, 6) is 0.558. The molecule has 0 amide bonds. The molecule has 1 aromatic heterocycles. The molecule has 0 atom stereocenters. The van der Waals surface area contributed by atoms with Crippen LogP contribution in [0.25, 0.3) is 11.3 Å². The predicted molar refractivity (Wildman–Crippen MR) is 73.2 cm³/mol. The molecule has 1 fully saturated rings. The molecule has 1 aromatic carbocycles. The maximum atomic E-state index is 13.7. The number of piperidine rings is 1. The Labute approximate surface area is 116 Å². The van der Waals surface area contributed by atoms with Crippen molar-refractivity contribution in [3.05, 3.63) is 41.9 Å². The van der Waals surface area contributed by atoms with E-state index in [1.165, 1.54) is 6.07 Å². The summed E-state index contributed by atoms with van der Waals surface area (Å²) in [6.07, 6.45) is 4.70. The fourth-order valence-electron chi connectivity index (χ4n) is 2.67. The topological polar surface area (TPSA) is 40.7 Å². The van der Waals surface area contributed by atoms with Gasteiger partial charge in [0.25, 0.3) is 0 Å². The van der Waals surface area contributed by atoms with Crippen LogP contribution in [0.2, 0.25) is 0 Å². The lowest BCUT2D eigenvalue weighted by Crippen LogP contribution is -2.28. The van der Waals surface area contributed by atoms with E-state index in [4.69, 9.17) is 0 Å². The molecule has 3 nitrogen and oxygen atoms in total. The molecule has 3 rings (SSSR count). The van der Waals surface area contributed by atoms with Crippen molar-refractivity contribution in [1.29, 1.82) is 0 Å². The number of nitrogens with zero attached hydrogens (tertiary/aromatic N) is 1. The third kappa shape index (κ3) is 2.88. The Morgan fingerprint density at radius 2 is 2.00 bits per heavy atom. The van der Waals surface area contributed by atoms with E-state index in [-0.39, 0.29) is 5.56 Å². The Hall–Kier alpha value is -1.75. The fourth-order valence-corrected chi connectivity index (χ4v) is 2.67. The number of nitrogens with one attached hydrogen (secondary N) is 2. The Morgan fingerprint density at radius 1 is 1.20 bits per heavy atom. The van der Waals surface area contributed by atoms with Crippen molar-refractivity contribution in [3.8, 4) is 11.3 Å². The smallest absolute Gasteiger partial charge is 0.132 e. The summed E-state index contributed by atoms with van der Waals surface area (Å²) in [6.45, 7) is 2.08. The van der Waals surface area contributed by atoms with Crippen LogP contribution in [0.3, 0.4) is 0 Å². The summed E-state index contributed by atoms with van der Waals surface area (Å²) in [6, 6.07) is 3.44. The number of benzene rings is 1. The number of H-pyrrole nitrogens is 1. The highest BCUT2D eigenvalue weighted by Gasteiger charge is 2.16. The zero-order valence-corrected chi connectivity index (χ0v) is 11.1. The molecule has 20 heavy (non-hydrogen) atoms. The second kappa shape index (κ2) is 5.71. The van der Waals surface area contributed by atoms with Gasteiger partial charge in [-0.25, -0.2) is 13.8 Å². The molecule has 0 bridgehead atoms. The zero-order valence-electron chi connectivity index (χ0n) is 11.1. The van der Waals surface area contributed by atoms with Gasteiger partial charge >= 0.3 is 0 Å². The summed E-state index contributed by atoms with van der Waals surface area (Å²) in [4.78, 5) is 7.40. The van der Waals surface area contributed by atoms with Crippen LogP contribution in [-0.4, -0.2) is 23.1 Å². The summed E-state index contributed by atoms with van der Waals surface area (Å²) in [5, 5.41) is 3.32. The van der Waals surface area contributed by atoms with Crippen molar-refractivity contribution in [2.45, 2.75) is 19.3 Å².